The number of halogens is 1. The molecule has 0 saturated carbocycles. The smallest absolute Gasteiger partial charge is 0.331 e. The lowest BCUT2D eigenvalue weighted by molar-refractivity contribution is -0.130. The molecule has 0 aliphatic carbocycles. The predicted octanol–water partition coefficient (Wildman–Crippen LogP) is 4.08. The molecule has 34 heavy (non-hydrogen) atoms. The zero-order chi connectivity index (χ0) is 24.1. The van der Waals surface area contributed by atoms with Crippen LogP contribution in [0, 0.1) is 5.82 Å². The highest BCUT2D eigenvalue weighted by Gasteiger charge is 2.35. The number of hydrogen-bond donors (Lipinski definition) is 1. The molecule has 7 nitrogen and oxygen atoms in total. The van der Waals surface area contributed by atoms with Crippen LogP contribution in [-0.4, -0.2) is 29.9 Å². The van der Waals surface area contributed by atoms with E-state index in [0.717, 1.165) is 16.0 Å². The topological polar surface area (TPSA) is 84.9 Å². The summed E-state index contributed by atoms with van der Waals surface area (Å²) in [6, 6.07) is 19.1. The standard InChI is InChI=1S/C26H21FN2O5/c1-33-23-14-19(9-12-22(23)34-16-18-7-10-20(27)11-8-18)13-21-24(30)28-26(32)29(25(21)31)15-17-5-3-2-4-6-17/h2-14H,15-16H2,1H3,(H,28,30,32). The molecule has 1 aliphatic rings. The van der Waals surface area contributed by atoms with Crippen molar-refractivity contribution in [3.63, 3.8) is 0 Å². The molecule has 0 aromatic heterocycles. The van der Waals surface area contributed by atoms with Gasteiger partial charge in [-0.3, -0.25) is 19.8 Å². The van der Waals surface area contributed by atoms with E-state index in [1.165, 1.54) is 25.3 Å². The lowest BCUT2D eigenvalue weighted by atomic mass is 10.1. The SMILES string of the molecule is COc1cc(C=C2C(=O)NC(=O)N(Cc3ccccc3)C2=O)ccc1OCc1ccc(F)cc1. The fourth-order valence-corrected chi connectivity index (χ4v) is 3.41. The number of ether oxygens (including phenoxy) is 2. The molecular weight excluding hydrogens is 439 g/mol. The van der Waals surface area contributed by atoms with E-state index >= 15 is 0 Å². The summed E-state index contributed by atoms with van der Waals surface area (Å²) in [6.45, 7) is 0.240. The average molecular weight is 460 g/mol. The van der Waals surface area contributed by atoms with Gasteiger partial charge >= 0.3 is 6.03 Å². The number of amides is 4. The first-order valence-corrected chi connectivity index (χ1v) is 10.4. The lowest BCUT2D eigenvalue weighted by Gasteiger charge is -2.26. The third-order valence-corrected chi connectivity index (χ3v) is 5.18. The number of carbonyl (C=O) groups is 3. The number of rotatable bonds is 7. The van der Waals surface area contributed by atoms with Crippen molar-refractivity contribution in [3.05, 3.63) is 101 Å². The number of barbiturate groups is 1. The van der Waals surface area contributed by atoms with E-state index < -0.39 is 17.8 Å². The van der Waals surface area contributed by atoms with E-state index in [-0.39, 0.29) is 24.5 Å². The Morgan fingerprint density at radius 1 is 0.912 bits per heavy atom. The highest BCUT2D eigenvalue weighted by atomic mass is 19.1. The van der Waals surface area contributed by atoms with Gasteiger partial charge in [0.25, 0.3) is 11.8 Å². The van der Waals surface area contributed by atoms with Crippen LogP contribution in [0.3, 0.4) is 0 Å². The number of methoxy groups -OCH3 is 1. The number of benzene rings is 3. The maximum Gasteiger partial charge on any atom is 0.331 e. The Kier molecular flexibility index (Phi) is 6.68. The average Bonchev–Trinajstić information content (AvgIpc) is 2.85. The fraction of sp³-hybridized carbons (Fsp3) is 0.115. The second-order valence-corrected chi connectivity index (χ2v) is 7.52. The molecule has 172 valence electrons. The van der Waals surface area contributed by atoms with E-state index in [4.69, 9.17) is 9.47 Å². The molecule has 1 fully saturated rings. The zero-order valence-electron chi connectivity index (χ0n) is 18.3. The molecular formula is C26H21FN2O5. The van der Waals surface area contributed by atoms with Crippen LogP contribution in [0.5, 0.6) is 11.5 Å². The van der Waals surface area contributed by atoms with Gasteiger partial charge in [0.2, 0.25) is 0 Å². The molecule has 3 aromatic rings. The van der Waals surface area contributed by atoms with Crippen LogP contribution in [0.15, 0.2) is 78.4 Å². The number of imide groups is 2. The molecule has 1 aliphatic heterocycles. The molecule has 4 amide bonds. The molecule has 0 spiro atoms. The number of hydrogen-bond acceptors (Lipinski definition) is 5. The number of urea groups is 1. The third-order valence-electron chi connectivity index (χ3n) is 5.18. The van der Waals surface area contributed by atoms with Gasteiger partial charge in [-0.15, -0.1) is 0 Å². The summed E-state index contributed by atoms with van der Waals surface area (Å²) in [5, 5.41) is 2.21. The van der Waals surface area contributed by atoms with Crippen molar-refractivity contribution in [1.29, 1.82) is 0 Å². The molecule has 0 bridgehead atoms. The number of nitrogens with zero attached hydrogens (tertiary/aromatic N) is 1. The van der Waals surface area contributed by atoms with Gasteiger partial charge in [-0.25, -0.2) is 9.18 Å². The molecule has 1 heterocycles. The minimum absolute atomic E-state index is 0.0373. The van der Waals surface area contributed by atoms with Gasteiger partial charge in [-0.2, -0.15) is 0 Å². The predicted molar refractivity (Wildman–Crippen MR) is 122 cm³/mol. The van der Waals surface area contributed by atoms with Gasteiger partial charge in [0.05, 0.1) is 13.7 Å². The Labute approximate surface area is 195 Å². The summed E-state index contributed by atoms with van der Waals surface area (Å²) >= 11 is 0. The number of carbonyl (C=O) groups excluding carboxylic acids is 3. The highest BCUT2D eigenvalue weighted by Crippen LogP contribution is 2.30. The monoisotopic (exact) mass is 460 g/mol. The van der Waals surface area contributed by atoms with Crippen LogP contribution in [-0.2, 0) is 22.7 Å². The summed E-state index contributed by atoms with van der Waals surface area (Å²) in [4.78, 5) is 38.6. The van der Waals surface area contributed by atoms with Crippen LogP contribution in [0.1, 0.15) is 16.7 Å². The van der Waals surface area contributed by atoms with Gasteiger partial charge in [0.15, 0.2) is 11.5 Å². The molecule has 1 N–H and O–H groups in total. The zero-order valence-corrected chi connectivity index (χ0v) is 18.3. The fourth-order valence-electron chi connectivity index (χ4n) is 3.41. The van der Waals surface area contributed by atoms with Gasteiger partial charge in [-0.1, -0.05) is 48.5 Å². The van der Waals surface area contributed by atoms with Crippen LogP contribution in [0.25, 0.3) is 6.08 Å². The van der Waals surface area contributed by atoms with Crippen molar-refractivity contribution in [1.82, 2.24) is 10.2 Å². The van der Waals surface area contributed by atoms with E-state index in [1.807, 2.05) is 6.07 Å². The molecule has 1 saturated heterocycles. The maximum absolute atomic E-state index is 13.1. The first-order valence-electron chi connectivity index (χ1n) is 10.4. The van der Waals surface area contributed by atoms with Crippen molar-refractivity contribution in [2.24, 2.45) is 0 Å². The van der Waals surface area contributed by atoms with E-state index in [0.29, 0.717) is 17.1 Å². The minimum Gasteiger partial charge on any atom is -0.493 e. The van der Waals surface area contributed by atoms with Gasteiger partial charge in [0.1, 0.15) is 18.0 Å². The van der Waals surface area contributed by atoms with Crippen molar-refractivity contribution < 1.29 is 28.2 Å². The van der Waals surface area contributed by atoms with E-state index in [1.54, 1.807) is 54.6 Å². The Morgan fingerprint density at radius 3 is 2.35 bits per heavy atom. The molecule has 3 aromatic carbocycles. The van der Waals surface area contributed by atoms with Crippen molar-refractivity contribution in [2.75, 3.05) is 7.11 Å². The van der Waals surface area contributed by atoms with Gasteiger partial charge in [0, 0.05) is 0 Å². The lowest BCUT2D eigenvalue weighted by Crippen LogP contribution is -2.53. The van der Waals surface area contributed by atoms with Crippen molar-refractivity contribution in [2.45, 2.75) is 13.2 Å². The summed E-state index contributed by atoms with van der Waals surface area (Å²) in [5.74, 6) is -0.959. The molecule has 4 rings (SSSR count). The summed E-state index contributed by atoms with van der Waals surface area (Å²) in [7, 11) is 1.47. The molecule has 0 atom stereocenters. The largest absolute Gasteiger partial charge is 0.493 e. The summed E-state index contributed by atoms with van der Waals surface area (Å²) in [6.07, 6.45) is 1.40. The first-order chi connectivity index (χ1) is 16.4. The normalized spacial score (nSPS) is 14.8. The van der Waals surface area contributed by atoms with Gasteiger partial charge < -0.3 is 9.47 Å². The second kappa shape index (κ2) is 9.99. The summed E-state index contributed by atoms with van der Waals surface area (Å²) in [5.41, 5.74) is 1.88. The van der Waals surface area contributed by atoms with E-state index in [9.17, 15) is 18.8 Å². The van der Waals surface area contributed by atoms with Crippen LogP contribution in [0.2, 0.25) is 0 Å². The second-order valence-electron chi connectivity index (χ2n) is 7.52. The first kappa shape index (κ1) is 22.7. The molecule has 0 unspecified atom stereocenters. The Bertz CT molecular complexity index is 1260. The Balaban J connectivity index is 1.54. The molecule has 0 radical (unpaired) electrons. The third kappa shape index (κ3) is 5.12. The van der Waals surface area contributed by atoms with E-state index in [2.05, 4.69) is 5.32 Å². The van der Waals surface area contributed by atoms with Crippen LogP contribution < -0.4 is 14.8 Å². The van der Waals surface area contributed by atoms with Crippen molar-refractivity contribution in [3.8, 4) is 11.5 Å². The number of nitrogens with one attached hydrogen (secondary N) is 1. The quantitative estimate of drug-likeness (QED) is 0.424. The maximum atomic E-state index is 13.1. The highest BCUT2D eigenvalue weighted by molar-refractivity contribution is 6.30. The van der Waals surface area contributed by atoms with Crippen LogP contribution in [0.4, 0.5) is 9.18 Å². The summed E-state index contributed by atoms with van der Waals surface area (Å²) < 4.78 is 24.2. The molecule has 8 heteroatoms. The van der Waals surface area contributed by atoms with Crippen molar-refractivity contribution >= 4 is 23.9 Å². The Morgan fingerprint density at radius 2 is 1.65 bits per heavy atom. The minimum atomic E-state index is -0.769. The van der Waals surface area contributed by atoms with Gasteiger partial charge in [-0.05, 0) is 47.0 Å². The van der Waals surface area contributed by atoms with Crippen LogP contribution >= 0.6 is 0 Å². The Hall–Kier alpha value is -4.46.